The molecule has 1 aliphatic heterocycles. The number of likely N-dealkylation sites (tertiary alicyclic amines) is 1. The maximum atomic E-state index is 12.5. The van der Waals surface area contributed by atoms with E-state index in [-0.39, 0.29) is 18.1 Å². The van der Waals surface area contributed by atoms with Crippen LogP contribution in [0, 0.1) is 5.92 Å². The maximum absolute atomic E-state index is 12.5. The summed E-state index contributed by atoms with van der Waals surface area (Å²) in [6.07, 6.45) is 1.34. The third kappa shape index (κ3) is 4.51. The number of nitrogens with zero attached hydrogens (tertiary/aromatic N) is 1. The van der Waals surface area contributed by atoms with E-state index in [9.17, 15) is 9.90 Å². The van der Waals surface area contributed by atoms with E-state index in [2.05, 4.69) is 5.32 Å². The van der Waals surface area contributed by atoms with Gasteiger partial charge in [0.05, 0.1) is 11.8 Å². The quantitative estimate of drug-likeness (QED) is 0.881. The van der Waals surface area contributed by atoms with Crippen molar-refractivity contribution in [1.29, 1.82) is 0 Å². The van der Waals surface area contributed by atoms with Gasteiger partial charge in [0.2, 0.25) is 0 Å². The second kappa shape index (κ2) is 8.03. The van der Waals surface area contributed by atoms with E-state index in [1.807, 2.05) is 61.5 Å². The number of ether oxygens (including phenoxy) is 1. The molecule has 0 saturated carbocycles. The number of nitrogens with one attached hydrogen (secondary N) is 1. The smallest absolute Gasteiger partial charge is 0.321 e. The molecule has 3 rings (SSSR count). The molecule has 5 nitrogen and oxygen atoms in total. The number of carbonyl (C=O) groups excluding carboxylic acids is 1. The fourth-order valence-electron chi connectivity index (χ4n) is 3.05. The molecular formula is C20H24N2O3. The molecule has 1 fully saturated rings. The van der Waals surface area contributed by atoms with Gasteiger partial charge in [-0.25, -0.2) is 4.79 Å². The molecule has 25 heavy (non-hydrogen) atoms. The van der Waals surface area contributed by atoms with Crippen LogP contribution >= 0.6 is 0 Å². The lowest BCUT2D eigenvalue weighted by Crippen LogP contribution is -2.42. The summed E-state index contributed by atoms with van der Waals surface area (Å²) in [7, 11) is 0. The molecule has 132 valence electrons. The van der Waals surface area contributed by atoms with Gasteiger partial charge in [0.25, 0.3) is 0 Å². The largest absolute Gasteiger partial charge is 0.455 e. The standard InChI is InChI=1S/C20H24N2O3/c1-15(23)16-11-13-22(14-12-16)20(24)21-18-9-5-6-10-19(18)25-17-7-3-2-4-8-17/h2-10,15-16,23H,11-14H2,1H3,(H,21,24). The minimum atomic E-state index is -0.315. The van der Waals surface area contributed by atoms with Gasteiger partial charge >= 0.3 is 6.03 Å². The Morgan fingerprint density at radius 2 is 1.76 bits per heavy atom. The van der Waals surface area contributed by atoms with Crippen LogP contribution in [0.4, 0.5) is 10.5 Å². The van der Waals surface area contributed by atoms with Crippen LogP contribution < -0.4 is 10.1 Å². The zero-order valence-electron chi connectivity index (χ0n) is 14.4. The molecule has 2 aromatic rings. The number of hydrogen-bond donors (Lipinski definition) is 2. The summed E-state index contributed by atoms with van der Waals surface area (Å²) in [6, 6.07) is 16.8. The van der Waals surface area contributed by atoms with Gasteiger partial charge in [-0.05, 0) is 49.9 Å². The lowest BCUT2D eigenvalue weighted by Gasteiger charge is -2.33. The molecule has 2 aromatic carbocycles. The summed E-state index contributed by atoms with van der Waals surface area (Å²) in [5, 5.41) is 12.6. The Bertz CT molecular complexity index is 695. The molecule has 1 saturated heterocycles. The molecule has 1 atom stereocenters. The average Bonchev–Trinajstić information content (AvgIpc) is 2.64. The molecular weight excluding hydrogens is 316 g/mol. The van der Waals surface area contributed by atoms with Crippen molar-refractivity contribution in [3.63, 3.8) is 0 Å². The van der Waals surface area contributed by atoms with Crippen molar-refractivity contribution >= 4 is 11.7 Å². The molecule has 1 unspecified atom stereocenters. The monoisotopic (exact) mass is 340 g/mol. The number of carbonyl (C=O) groups is 1. The van der Waals surface area contributed by atoms with Crippen molar-refractivity contribution in [3.05, 3.63) is 54.6 Å². The SMILES string of the molecule is CC(O)C1CCN(C(=O)Nc2ccccc2Oc2ccccc2)CC1. The van der Waals surface area contributed by atoms with Crippen LogP contribution in [-0.2, 0) is 0 Å². The van der Waals surface area contributed by atoms with Crippen LogP contribution in [0.2, 0.25) is 0 Å². The predicted molar refractivity (Wildman–Crippen MR) is 98.0 cm³/mol. The van der Waals surface area contributed by atoms with Gasteiger partial charge in [-0.3, -0.25) is 0 Å². The summed E-state index contributed by atoms with van der Waals surface area (Å²) >= 11 is 0. The van der Waals surface area contributed by atoms with Crippen molar-refractivity contribution in [1.82, 2.24) is 4.90 Å². The van der Waals surface area contributed by atoms with E-state index in [1.165, 1.54) is 0 Å². The van der Waals surface area contributed by atoms with E-state index in [0.717, 1.165) is 18.6 Å². The highest BCUT2D eigenvalue weighted by atomic mass is 16.5. The first kappa shape index (κ1) is 17.3. The van der Waals surface area contributed by atoms with Crippen LogP contribution in [0.25, 0.3) is 0 Å². The molecule has 2 amide bonds. The summed E-state index contributed by atoms with van der Waals surface area (Å²) in [5.74, 6) is 1.61. The number of para-hydroxylation sites is 3. The molecule has 0 bridgehead atoms. The highest BCUT2D eigenvalue weighted by Crippen LogP contribution is 2.29. The van der Waals surface area contributed by atoms with Crippen molar-refractivity contribution in [2.45, 2.75) is 25.9 Å². The third-order valence-corrected chi connectivity index (χ3v) is 4.61. The Hall–Kier alpha value is -2.53. The van der Waals surface area contributed by atoms with Gasteiger partial charge < -0.3 is 20.1 Å². The van der Waals surface area contributed by atoms with Crippen LogP contribution in [0.1, 0.15) is 19.8 Å². The number of benzene rings is 2. The Kier molecular flexibility index (Phi) is 5.56. The highest BCUT2D eigenvalue weighted by Gasteiger charge is 2.25. The van der Waals surface area contributed by atoms with Crippen molar-refractivity contribution < 1.29 is 14.6 Å². The number of urea groups is 1. The lowest BCUT2D eigenvalue weighted by molar-refractivity contribution is 0.0820. The van der Waals surface area contributed by atoms with Crippen LogP contribution in [0.15, 0.2) is 54.6 Å². The number of hydrogen-bond acceptors (Lipinski definition) is 3. The van der Waals surface area contributed by atoms with Gasteiger partial charge in [0.1, 0.15) is 5.75 Å². The minimum Gasteiger partial charge on any atom is -0.455 e. The van der Waals surface area contributed by atoms with Gasteiger partial charge in [-0.2, -0.15) is 0 Å². The summed E-state index contributed by atoms with van der Waals surface area (Å²) in [4.78, 5) is 14.3. The summed E-state index contributed by atoms with van der Waals surface area (Å²) in [6.45, 7) is 3.13. The van der Waals surface area contributed by atoms with Crippen molar-refractivity contribution in [2.24, 2.45) is 5.92 Å². The van der Waals surface area contributed by atoms with Crippen molar-refractivity contribution in [2.75, 3.05) is 18.4 Å². The Morgan fingerprint density at radius 1 is 1.12 bits per heavy atom. The van der Waals surface area contributed by atoms with Gasteiger partial charge in [-0.15, -0.1) is 0 Å². The first-order valence-corrected chi connectivity index (χ1v) is 8.69. The molecule has 1 aliphatic rings. The summed E-state index contributed by atoms with van der Waals surface area (Å²) in [5.41, 5.74) is 0.647. The topological polar surface area (TPSA) is 61.8 Å². The first-order chi connectivity index (χ1) is 12.1. The second-order valence-electron chi connectivity index (χ2n) is 6.41. The van der Waals surface area contributed by atoms with Gasteiger partial charge in [0, 0.05) is 13.1 Å². The maximum Gasteiger partial charge on any atom is 0.321 e. The first-order valence-electron chi connectivity index (χ1n) is 8.69. The fourth-order valence-corrected chi connectivity index (χ4v) is 3.05. The fraction of sp³-hybridized carbons (Fsp3) is 0.350. The molecule has 0 spiro atoms. The summed E-state index contributed by atoms with van der Waals surface area (Å²) < 4.78 is 5.88. The third-order valence-electron chi connectivity index (χ3n) is 4.61. The zero-order valence-corrected chi connectivity index (χ0v) is 14.4. The number of anilines is 1. The lowest BCUT2D eigenvalue weighted by atomic mass is 9.92. The number of aliphatic hydroxyl groups is 1. The predicted octanol–water partition coefficient (Wildman–Crippen LogP) is 4.10. The minimum absolute atomic E-state index is 0.131. The van der Waals surface area contributed by atoms with Crippen molar-refractivity contribution in [3.8, 4) is 11.5 Å². The van der Waals surface area contributed by atoms with E-state index in [0.29, 0.717) is 24.5 Å². The molecule has 1 heterocycles. The number of aliphatic hydroxyl groups excluding tert-OH is 1. The van der Waals surface area contributed by atoms with Gasteiger partial charge in [0.15, 0.2) is 5.75 Å². The van der Waals surface area contributed by atoms with E-state index < -0.39 is 0 Å². The molecule has 5 heteroatoms. The van der Waals surface area contributed by atoms with Gasteiger partial charge in [-0.1, -0.05) is 30.3 Å². The Morgan fingerprint density at radius 3 is 2.44 bits per heavy atom. The Balaban J connectivity index is 1.64. The molecule has 0 aliphatic carbocycles. The zero-order chi connectivity index (χ0) is 17.6. The highest BCUT2D eigenvalue weighted by molar-refractivity contribution is 5.91. The van der Waals surface area contributed by atoms with E-state index >= 15 is 0 Å². The number of amides is 2. The number of rotatable bonds is 4. The molecule has 2 N–H and O–H groups in total. The normalized spacial score (nSPS) is 16.3. The van der Waals surface area contributed by atoms with E-state index in [1.54, 1.807) is 4.90 Å². The second-order valence-corrected chi connectivity index (χ2v) is 6.41. The average molecular weight is 340 g/mol. The number of piperidine rings is 1. The van der Waals surface area contributed by atoms with Crippen LogP contribution in [0.3, 0.4) is 0 Å². The van der Waals surface area contributed by atoms with Crippen LogP contribution in [-0.4, -0.2) is 35.2 Å². The molecule has 0 aromatic heterocycles. The van der Waals surface area contributed by atoms with E-state index in [4.69, 9.17) is 4.74 Å². The Labute approximate surface area is 148 Å². The molecule has 0 radical (unpaired) electrons. The van der Waals surface area contributed by atoms with Crippen LogP contribution in [0.5, 0.6) is 11.5 Å².